The Morgan fingerprint density at radius 1 is 1.04 bits per heavy atom. The molecule has 0 aliphatic carbocycles. The summed E-state index contributed by atoms with van der Waals surface area (Å²) >= 11 is 1.08. The minimum absolute atomic E-state index is 0.173. The van der Waals surface area contributed by atoms with Crippen molar-refractivity contribution in [2.75, 3.05) is 6.61 Å². The summed E-state index contributed by atoms with van der Waals surface area (Å²) in [5, 5.41) is 1.82. The van der Waals surface area contributed by atoms with Crippen LogP contribution in [0.2, 0.25) is 0 Å². The quantitative estimate of drug-likeness (QED) is 0.645. The third-order valence-electron chi connectivity index (χ3n) is 4.28. The van der Waals surface area contributed by atoms with Crippen LogP contribution < -0.4 is 14.8 Å². The number of carbonyl (C=O) groups excluding carboxylic acids is 2. The molecule has 1 heterocycles. The van der Waals surface area contributed by atoms with Crippen molar-refractivity contribution in [2.24, 2.45) is 0 Å². The maximum Gasteiger partial charge on any atom is 0.286 e. The molecule has 0 bridgehead atoms. The highest BCUT2D eigenvalue weighted by Crippen LogP contribution is 2.26. The standard InChI is InChI=1S/C21H23NO4S/c1-15-13-17(26-14-16-7-3-2-4-8-16)10-11-18(15)25-12-6-5-9-19-20(23)22-21(24)27-19/h2-4,7-8,10-11,13,19H,5-6,9,12,14H2,1H3,(H,22,23,24). The first-order valence-corrected chi connectivity index (χ1v) is 9.91. The van der Waals surface area contributed by atoms with E-state index in [1.165, 1.54) is 0 Å². The maximum atomic E-state index is 11.5. The van der Waals surface area contributed by atoms with Crippen LogP contribution in [-0.4, -0.2) is 23.0 Å². The number of nitrogens with one attached hydrogen (secondary N) is 1. The van der Waals surface area contributed by atoms with Gasteiger partial charge in [0.05, 0.1) is 11.9 Å². The van der Waals surface area contributed by atoms with Crippen molar-refractivity contribution in [2.45, 2.75) is 38.0 Å². The fraction of sp³-hybridized carbons (Fsp3) is 0.333. The Kier molecular flexibility index (Phi) is 6.76. The summed E-state index contributed by atoms with van der Waals surface area (Å²) in [5.74, 6) is 1.48. The van der Waals surface area contributed by atoms with Crippen LogP contribution in [0, 0.1) is 6.92 Å². The van der Waals surface area contributed by atoms with Crippen LogP contribution in [0.25, 0.3) is 0 Å². The molecular formula is C21H23NO4S. The first-order valence-electron chi connectivity index (χ1n) is 9.03. The number of unbranched alkanes of at least 4 members (excludes halogenated alkanes) is 1. The molecule has 1 saturated heterocycles. The van der Waals surface area contributed by atoms with Crippen LogP contribution in [0.4, 0.5) is 4.79 Å². The smallest absolute Gasteiger partial charge is 0.286 e. The van der Waals surface area contributed by atoms with Crippen molar-refractivity contribution >= 4 is 22.9 Å². The second-order valence-electron chi connectivity index (χ2n) is 6.43. The van der Waals surface area contributed by atoms with Gasteiger partial charge in [0, 0.05) is 0 Å². The zero-order valence-corrected chi connectivity index (χ0v) is 16.1. The highest BCUT2D eigenvalue weighted by molar-refractivity contribution is 8.15. The number of hydrogen-bond acceptors (Lipinski definition) is 5. The van der Waals surface area contributed by atoms with Gasteiger partial charge in [-0.25, -0.2) is 0 Å². The lowest BCUT2D eigenvalue weighted by molar-refractivity contribution is -0.119. The minimum atomic E-state index is -0.250. The second-order valence-corrected chi connectivity index (χ2v) is 7.60. The molecule has 2 aromatic rings. The number of hydrogen-bond donors (Lipinski definition) is 1. The molecule has 0 radical (unpaired) electrons. The van der Waals surface area contributed by atoms with Crippen LogP contribution in [0.3, 0.4) is 0 Å². The van der Waals surface area contributed by atoms with Gasteiger partial charge in [-0.2, -0.15) is 0 Å². The van der Waals surface area contributed by atoms with Crippen molar-refractivity contribution in [3.8, 4) is 11.5 Å². The number of rotatable bonds is 9. The van der Waals surface area contributed by atoms with E-state index in [-0.39, 0.29) is 16.4 Å². The fourth-order valence-corrected chi connectivity index (χ4v) is 3.68. The average Bonchev–Trinajstić information content (AvgIpc) is 2.99. The topological polar surface area (TPSA) is 64.6 Å². The zero-order chi connectivity index (χ0) is 19.1. The number of carbonyl (C=O) groups is 2. The Labute approximate surface area is 163 Å². The number of thioether (sulfide) groups is 1. The molecule has 2 amide bonds. The lowest BCUT2D eigenvalue weighted by Gasteiger charge is -2.12. The summed E-state index contributed by atoms with van der Waals surface area (Å²) in [5.41, 5.74) is 2.16. The molecule has 1 fully saturated rings. The van der Waals surface area contributed by atoms with Gasteiger partial charge < -0.3 is 9.47 Å². The molecule has 1 aliphatic rings. The molecule has 142 valence electrons. The molecule has 1 atom stereocenters. The van der Waals surface area contributed by atoms with Gasteiger partial charge >= 0.3 is 0 Å². The Balaban J connectivity index is 1.39. The Hall–Kier alpha value is -2.47. The van der Waals surface area contributed by atoms with Crippen molar-refractivity contribution in [3.63, 3.8) is 0 Å². The van der Waals surface area contributed by atoms with E-state index in [1.807, 2.05) is 55.5 Å². The van der Waals surface area contributed by atoms with E-state index in [1.54, 1.807) is 0 Å². The first kappa shape index (κ1) is 19.3. The van der Waals surface area contributed by atoms with E-state index >= 15 is 0 Å². The number of benzene rings is 2. The Bertz CT molecular complexity index is 794. The highest BCUT2D eigenvalue weighted by atomic mass is 32.2. The van der Waals surface area contributed by atoms with E-state index in [0.717, 1.165) is 47.2 Å². The van der Waals surface area contributed by atoms with Crippen molar-refractivity contribution in [3.05, 3.63) is 59.7 Å². The molecule has 1 unspecified atom stereocenters. The lowest BCUT2D eigenvalue weighted by Crippen LogP contribution is -2.24. The fourth-order valence-electron chi connectivity index (χ4n) is 2.81. The van der Waals surface area contributed by atoms with Gasteiger partial charge in [0.1, 0.15) is 18.1 Å². The zero-order valence-electron chi connectivity index (χ0n) is 15.3. The molecule has 0 aromatic heterocycles. The molecule has 1 N–H and O–H groups in total. The number of imide groups is 1. The molecule has 6 heteroatoms. The molecular weight excluding hydrogens is 362 g/mol. The van der Waals surface area contributed by atoms with Crippen LogP contribution in [0.5, 0.6) is 11.5 Å². The lowest BCUT2D eigenvalue weighted by atomic mass is 10.2. The van der Waals surface area contributed by atoms with Gasteiger partial charge in [0.2, 0.25) is 5.91 Å². The van der Waals surface area contributed by atoms with Gasteiger partial charge in [-0.05, 0) is 55.5 Å². The molecule has 5 nitrogen and oxygen atoms in total. The van der Waals surface area contributed by atoms with Crippen molar-refractivity contribution in [1.29, 1.82) is 0 Å². The van der Waals surface area contributed by atoms with E-state index in [0.29, 0.717) is 19.6 Å². The first-order chi connectivity index (χ1) is 13.1. The molecule has 1 aliphatic heterocycles. The summed E-state index contributed by atoms with van der Waals surface area (Å²) in [6, 6.07) is 15.9. The van der Waals surface area contributed by atoms with Gasteiger partial charge in [0.25, 0.3) is 5.24 Å². The molecule has 3 rings (SSSR count). The molecule has 0 saturated carbocycles. The minimum Gasteiger partial charge on any atom is -0.493 e. The number of aryl methyl sites for hydroxylation is 1. The summed E-state index contributed by atoms with van der Waals surface area (Å²) < 4.78 is 11.7. The second kappa shape index (κ2) is 9.46. The highest BCUT2D eigenvalue weighted by Gasteiger charge is 2.30. The van der Waals surface area contributed by atoms with Crippen LogP contribution in [0.15, 0.2) is 48.5 Å². The van der Waals surface area contributed by atoms with Crippen LogP contribution >= 0.6 is 11.8 Å². The Morgan fingerprint density at radius 2 is 1.85 bits per heavy atom. The predicted molar refractivity (Wildman–Crippen MR) is 106 cm³/mol. The van der Waals surface area contributed by atoms with Crippen LogP contribution in [0.1, 0.15) is 30.4 Å². The van der Waals surface area contributed by atoms with Gasteiger partial charge in [0.15, 0.2) is 0 Å². The van der Waals surface area contributed by atoms with Gasteiger partial charge in [-0.1, -0.05) is 42.1 Å². The Morgan fingerprint density at radius 3 is 2.56 bits per heavy atom. The predicted octanol–water partition coefficient (Wildman–Crippen LogP) is 4.47. The summed E-state index contributed by atoms with van der Waals surface area (Å²) in [6.45, 7) is 3.11. The van der Waals surface area contributed by atoms with Crippen molar-refractivity contribution in [1.82, 2.24) is 5.32 Å². The average molecular weight is 385 g/mol. The molecule has 27 heavy (non-hydrogen) atoms. The number of amides is 2. The van der Waals surface area contributed by atoms with E-state index in [2.05, 4.69) is 5.32 Å². The monoisotopic (exact) mass is 385 g/mol. The molecule has 0 spiro atoms. The third kappa shape index (κ3) is 5.76. The summed E-state index contributed by atoms with van der Waals surface area (Å²) in [6.07, 6.45) is 2.37. The van der Waals surface area contributed by atoms with E-state index in [9.17, 15) is 9.59 Å². The normalized spacial score (nSPS) is 16.3. The van der Waals surface area contributed by atoms with Crippen molar-refractivity contribution < 1.29 is 19.1 Å². The summed E-state index contributed by atoms with van der Waals surface area (Å²) in [7, 11) is 0. The maximum absolute atomic E-state index is 11.5. The summed E-state index contributed by atoms with van der Waals surface area (Å²) in [4.78, 5) is 22.6. The van der Waals surface area contributed by atoms with Gasteiger partial charge in [-0.3, -0.25) is 14.9 Å². The number of ether oxygens (including phenoxy) is 2. The van der Waals surface area contributed by atoms with E-state index in [4.69, 9.17) is 9.47 Å². The van der Waals surface area contributed by atoms with E-state index < -0.39 is 0 Å². The third-order valence-corrected chi connectivity index (χ3v) is 5.33. The SMILES string of the molecule is Cc1cc(OCc2ccccc2)ccc1OCCCCC1SC(=O)NC1=O. The largest absolute Gasteiger partial charge is 0.493 e. The van der Waals surface area contributed by atoms with Gasteiger partial charge in [-0.15, -0.1) is 0 Å². The van der Waals surface area contributed by atoms with Crippen LogP contribution in [-0.2, 0) is 11.4 Å². The molecule has 2 aromatic carbocycles.